The summed E-state index contributed by atoms with van der Waals surface area (Å²) in [5, 5.41) is 0. The second-order valence-electron chi connectivity index (χ2n) is 6.34. The highest BCUT2D eigenvalue weighted by Gasteiger charge is 2.05. The van der Waals surface area contributed by atoms with Crippen molar-refractivity contribution in [3.8, 4) is 45.1 Å². The molecule has 28 heavy (non-hydrogen) atoms. The number of hydrogen-bond acceptors (Lipinski definition) is 4. The molecule has 0 aliphatic rings. The van der Waals surface area contributed by atoms with Gasteiger partial charge in [-0.3, -0.25) is 0 Å². The molecule has 0 aliphatic carbocycles. The molecule has 0 unspecified atom stereocenters. The van der Waals surface area contributed by atoms with Gasteiger partial charge in [0.05, 0.1) is 14.2 Å². The maximum atomic E-state index is 5.14. The monoisotopic (exact) mass is 368 g/mol. The van der Waals surface area contributed by atoms with Gasteiger partial charge in [0.2, 0.25) is 11.8 Å². The molecule has 0 bridgehead atoms. The van der Waals surface area contributed by atoms with Crippen LogP contribution in [-0.2, 0) is 0 Å². The van der Waals surface area contributed by atoms with Crippen molar-refractivity contribution in [2.45, 2.75) is 0 Å². The zero-order valence-electron chi connectivity index (χ0n) is 15.8. The molecule has 4 aromatic rings. The maximum absolute atomic E-state index is 5.14. The average Bonchev–Trinajstić information content (AvgIpc) is 2.79. The van der Waals surface area contributed by atoms with Crippen LogP contribution < -0.4 is 9.47 Å². The molecular formula is C24H20N2O2. The largest absolute Gasteiger partial charge is 0.481 e. The highest BCUT2D eigenvalue weighted by atomic mass is 16.5. The Labute approximate surface area is 164 Å². The standard InChI is InChI=1S/C24H20N2O2/c1-27-23-11-9-21(15-25-23)19-7-3-5-17(13-19)18-6-4-8-20(14-18)22-10-12-24(28-2)26-16-22/h3-16H,1-2H3. The summed E-state index contributed by atoms with van der Waals surface area (Å²) in [6.45, 7) is 0. The van der Waals surface area contributed by atoms with E-state index in [1.165, 1.54) is 0 Å². The van der Waals surface area contributed by atoms with Gasteiger partial charge in [-0.05, 0) is 46.5 Å². The lowest BCUT2D eigenvalue weighted by atomic mass is 9.97. The molecule has 0 N–H and O–H groups in total. The Morgan fingerprint density at radius 3 is 1.21 bits per heavy atom. The van der Waals surface area contributed by atoms with Crippen LogP contribution in [0.25, 0.3) is 33.4 Å². The first kappa shape index (κ1) is 17.7. The lowest BCUT2D eigenvalue weighted by molar-refractivity contribution is 0.398. The van der Waals surface area contributed by atoms with Gasteiger partial charge < -0.3 is 9.47 Å². The zero-order chi connectivity index (χ0) is 19.3. The number of methoxy groups -OCH3 is 2. The second kappa shape index (κ2) is 7.92. The van der Waals surface area contributed by atoms with Crippen molar-refractivity contribution in [1.82, 2.24) is 9.97 Å². The highest BCUT2D eigenvalue weighted by Crippen LogP contribution is 2.30. The van der Waals surface area contributed by atoms with Gasteiger partial charge in [-0.25, -0.2) is 9.97 Å². The molecule has 2 aromatic heterocycles. The summed E-state index contributed by atoms with van der Waals surface area (Å²) in [5.74, 6) is 1.22. The van der Waals surface area contributed by atoms with Gasteiger partial charge in [0.15, 0.2) is 0 Å². The van der Waals surface area contributed by atoms with Gasteiger partial charge in [-0.2, -0.15) is 0 Å². The first-order valence-electron chi connectivity index (χ1n) is 8.98. The van der Waals surface area contributed by atoms with Crippen LogP contribution in [0.4, 0.5) is 0 Å². The van der Waals surface area contributed by atoms with E-state index in [2.05, 4.69) is 58.5 Å². The third kappa shape index (κ3) is 3.71. The summed E-state index contributed by atoms with van der Waals surface area (Å²) >= 11 is 0. The van der Waals surface area contributed by atoms with E-state index in [4.69, 9.17) is 9.47 Å². The van der Waals surface area contributed by atoms with E-state index in [0.717, 1.165) is 33.4 Å². The van der Waals surface area contributed by atoms with Crippen LogP contribution in [0, 0.1) is 0 Å². The number of aromatic nitrogens is 2. The second-order valence-corrected chi connectivity index (χ2v) is 6.34. The third-order valence-electron chi connectivity index (χ3n) is 4.62. The summed E-state index contributed by atoms with van der Waals surface area (Å²) in [7, 11) is 3.24. The topological polar surface area (TPSA) is 44.2 Å². The van der Waals surface area contributed by atoms with Crippen molar-refractivity contribution in [2.75, 3.05) is 14.2 Å². The minimum Gasteiger partial charge on any atom is -0.481 e. The average molecular weight is 368 g/mol. The summed E-state index contributed by atoms with van der Waals surface area (Å²) < 4.78 is 10.3. The molecule has 4 heteroatoms. The molecule has 0 aliphatic heterocycles. The molecule has 0 saturated heterocycles. The molecule has 138 valence electrons. The first-order chi connectivity index (χ1) is 13.8. The molecule has 0 saturated carbocycles. The zero-order valence-corrected chi connectivity index (χ0v) is 15.8. The van der Waals surface area contributed by atoms with E-state index >= 15 is 0 Å². The lowest BCUT2D eigenvalue weighted by Gasteiger charge is -2.09. The van der Waals surface area contributed by atoms with E-state index in [-0.39, 0.29) is 0 Å². The van der Waals surface area contributed by atoms with Gasteiger partial charge in [0.25, 0.3) is 0 Å². The number of nitrogens with zero attached hydrogens (tertiary/aromatic N) is 2. The molecule has 0 amide bonds. The quantitative estimate of drug-likeness (QED) is 0.467. The van der Waals surface area contributed by atoms with Gasteiger partial charge in [0, 0.05) is 35.7 Å². The number of ether oxygens (including phenoxy) is 2. The van der Waals surface area contributed by atoms with Crippen LogP contribution in [0.5, 0.6) is 11.8 Å². The van der Waals surface area contributed by atoms with Crippen LogP contribution in [0.3, 0.4) is 0 Å². The minimum absolute atomic E-state index is 0.612. The number of hydrogen-bond donors (Lipinski definition) is 0. The molecule has 0 atom stereocenters. The Balaban J connectivity index is 1.67. The van der Waals surface area contributed by atoms with Crippen molar-refractivity contribution in [3.63, 3.8) is 0 Å². The third-order valence-corrected chi connectivity index (χ3v) is 4.62. The number of rotatable bonds is 5. The van der Waals surface area contributed by atoms with Gasteiger partial charge in [-0.1, -0.05) is 36.4 Å². The Kier molecular flexibility index (Phi) is 5.02. The highest BCUT2D eigenvalue weighted by molar-refractivity contribution is 5.76. The fourth-order valence-corrected chi connectivity index (χ4v) is 3.10. The summed E-state index contributed by atoms with van der Waals surface area (Å²) in [6, 6.07) is 24.7. The predicted molar refractivity (Wildman–Crippen MR) is 111 cm³/mol. The Morgan fingerprint density at radius 1 is 0.500 bits per heavy atom. The minimum atomic E-state index is 0.612. The van der Waals surface area contributed by atoms with Crippen LogP contribution >= 0.6 is 0 Å². The molecule has 2 heterocycles. The molecule has 4 nitrogen and oxygen atoms in total. The van der Waals surface area contributed by atoms with E-state index in [0.29, 0.717) is 11.8 Å². The molecule has 0 spiro atoms. The lowest BCUT2D eigenvalue weighted by Crippen LogP contribution is -1.88. The maximum Gasteiger partial charge on any atom is 0.212 e. The van der Waals surface area contributed by atoms with Crippen LogP contribution in [0.2, 0.25) is 0 Å². The first-order valence-corrected chi connectivity index (χ1v) is 8.98. The van der Waals surface area contributed by atoms with Crippen molar-refractivity contribution in [1.29, 1.82) is 0 Å². The van der Waals surface area contributed by atoms with Gasteiger partial charge in [0.1, 0.15) is 0 Å². The van der Waals surface area contributed by atoms with Crippen molar-refractivity contribution in [3.05, 3.63) is 85.2 Å². The number of benzene rings is 2. The fourth-order valence-electron chi connectivity index (χ4n) is 3.10. The van der Waals surface area contributed by atoms with E-state index in [1.54, 1.807) is 14.2 Å². The van der Waals surface area contributed by atoms with Crippen molar-refractivity contribution < 1.29 is 9.47 Å². The van der Waals surface area contributed by atoms with Crippen LogP contribution in [0.1, 0.15) is 0 Å². The Morgan fingerprint density at radius 2 is 0.893 bits per heavy atom. The molecule has 0 fully saturated rings. The normalized spacial score (nSPS) is 10.5. The Hall–Kier alpha value is -3.66. The fraction of sp³-hybridized carbons (Fsp3) is 0.0833. The van der Waals surface area contributed by atoms with Crippen molar-refractivity contribution in [2.24, 2.45) is 0 Å². The molecule has 0 radical (unpaired) electrons. The van der Waals surface area contributed by atoms with E-state index in [1.807, 2.05) is 36.7 Å². The molecule has 4 rings (SSSR count). The van der Waals surface area contributed by atoms with Crippen molar-refractivity contribution >= 4 is 0 Å². The summed E-state index contributed by atoms with van der Waals surface area (Å²) in [4.78, 5) is 8.61. The van der Waals surface area contributed by atoms with E-state index in [9.17, 15) is 0 Å². The van der Waals surface area contributed by atoms with Crippen LogP contribution in [-0.4, -0.2) is 24.2 Å². The Bertz CT molecular complexity index is 985. The molecular weight excluding hydrogens is 348 g/mol. The van der Waals surface area contributed by atoms with Gasteiger partial charge >= 0.3 is 0 Å². The SMILES string of the molecule is COc1ccc(-c2cccc(-c3cccc(-c4ccc(OC)nc4)c3)c2)cn1. The molecule has 2 aromatic carbocycles. The summed E-state index contributed by atoms with van der Waals surface area (Å²) in [6.07, 6.45) is 3.66. The summed E-state index contributed by atoms with van der Waals surface area (Å²) in [5.41, 5.74) is 6.64. The van der Waals surface area contributed by atoms with Gasteiger partial charge in [-0.15, -0.1) is 0 Å². The van der Waals surface area contributed by atoms with E-state index < -0.39 is 0 Å². The van der Waals surface area contributed by atoms with Crippen LogP contribution in [0.15, 0.2) is 85.2 Å². The number of pyridine rings is 2. The smallest absolute Gasteiger partial charge is 0.212 e. The predicted octanol–water partition coefficient (Wildman–Crippen LogP) is 5.49.